The molecule has 0 aromatic rings. The monoisotopic (exact) mass is 249 g/mol. The molecule has 0 bridgehead atoms. The van der Waals surface area contributed by atoms with Crippen molar-refractivity contribution in [2.45, 2.75) is 76.3 Å². The van der Waals surface area contributed by atoms with Crippen LogP contribution in [0.25, 0.3) is 0 Å². The van der Waals surface area contributed by atoms with Gasteiger partial charge in [0.15, 0.2) is 5.96 Å². The fourth-order valence-corrected chi connectivity index (χ4v) is 4.72. The summed E-state index contributed by atoms with van der Waals surface area (Å²) >= 11 is 0. The molecule has 2 aliphatic carbocycles. The Bertz CT molecular complexity index is 333. The standard InChI is InChI=1S/C15H27N3/c1-2-12-7-5-6-10-15(12)11-17-14(16)18(15)13-8-3-4-9-13/h12-13H,2-11H2,1H3,(H2,16,17). The summed E-state index contributed by atoms with van der Waals surface area (Å²) in [7, 11) is 0. The van der Waals surface area contributed by atoms with Gasteiger partial charge in [0.1, 0.15) is 0 Å². The molecule has 0 saturated heterocycles. The third-order valence-electron chi connectivity index (χ3n) is 5.60. The molecule has 2 saturated carbocycles. The first-order valence-electron chi connectivity index (χ1n) is 7.87. The van der Waals surface area contributed by atoms with Gasteiger partial charge in [-0.25, -0.2) is 0 Å². The molecular formula is C15H27N3. The van der Waals surface area contributed by atoms with Gasteiger partial charge < -0.3 is 10.6 Å². The van der Waals surface area contributed by atoms with E-state index in [1.807, 2.05) is 0 Å². The Kier molecular flexibility index (Phi) is 3.25. The van der Waals surface area contributed by atoms with Crippen LogP contribution in [0.2, 0.25) is 0 Å². The first-order chi connectivity index (χ1) is 8.78. The third-order valence-corrected chi connectivity index (χ3v) is 5.60. The highest BCUT2D eigenvalue weighted by Crippen LogP contribution is 2.45. The van der Waals surface area contributed by atoms with Crippen LogP contribution in [-0.4, -0.2) is 29.0 Å². The third kappa shape index (κ3) is 1.74. The Morgan fingerprint density at radius 2 is 1.94 bits per heavy atom. The van der Waals surface area contributed by atoms with Crippen LogP contribution in [-0.2, 0) is 0 Å². The minimum atomic E-state index is 0.298. The maximum absolute atomic E-state index is 6.26. The summed E-state index contributed by atoms with van der Waals surface area (Å²) in [6.07, 6.45) is 12.1. The number of nitrogens with zero attached hydrogens (tertiary/aromatic N) is 2. The van der Waals surface area contributed by atoms with Crippen molar-refractivity contribution in [1.29, 1.82) is 0 Å². The van der Waals surface area contributed by atoms with Crippen LogP contribution in [0.4, 0.5) is 0 Å². The summed E-state index contributed by atoms with van der Waals surface area (Å²) in [6.45, 7) is 3.31. The van der Waals surface area contributed by atoms with E-state index in [4.69, 9.17) is 5.73 Å². The number of hydrogen-bond acceptors (Lipinski definition) is 3. The minimum absolute atomic E-state index is 0.298. The summed E-state index contributed by atoms with van der Waals surface area (Å²) in [5.41, 5.74) is 6.55. The van der Waals surface area contributed by atoms with Crippen molar-refractivity contribution in [3.8, 4) is 0 Å². The highest BCUT2D eigenvalue weighted by molar-refractivity contribution is 5.81. The lowest BCUT2D eigenvalue weighted by Crippen LogP contribution is -2.60. The van der Waals surface area contributed by atoms with Crippen molar-refractivity contribution in [3.63, 3.8) is 0 Å². The van der Waals surface area contributed by atoms with Gasteiger partial charge in [0.2, 0.25) is 0 Å². The van der Waals surface area contributed by atoms with Crippen LogP contribution < -0.4 is 5.73 Å². The molecule has 0 aromatic carbocycles. The Balaban J connectivity index is 1.88. The summed E-state index contributed by atoms with van der Waals surface area (Å²) in [6, 6.07) is 0.684. The van der Waals surface area contributed by atoms with Crippen LogP contribution in [0.3, 0.4) is 0 Å². The van der Waals surface area contributed by atoms with E-state index in [0.29, 0.717) is 11.6 Å². The van der Waals surface area contributed by atoms with Gasteiger partial charge in [-0.15, -0.1) is 0 Å². The molecule has 2 fully saturated rings. The fraction of sp³-hybridized carbons (Fsp3) is 0.933. The molecule has 2 unspecified atom stereocenters. The Morgan fingerprint density at radius 3 is 2.67 bits per heavy atom. The molecule has 0 radical (unpaired) electrons. The lowest BCUT2D eigenvalue weighted by Gasteiger charge is -2.50. The normalized spacial score (nSPS) is 37.5. The molecule has 3 rings (SSSR count). The highest BCUT2D eigenvalue weighted by Gasteiger charge is 2.50. The number of nitrogens with two attached hydrogens (primary N) is 1. The molecule has 2 N–H and O–H groups in total. The Hall–Kier alpha value is -0.730. The maximum Gasteiger partial charge on any atom is 0.192 e. The van der Waals surface area contributed by atoms with E-state index in [0.717, 1.165) is 18.4 Å². The first kappa shape index (κ1) is 12.3. The molecule has 3 heteroatoms. The van der Waals surface area contributed by atoms with E-state index in [1.54, 1.807) is 0 Å². The van der Waals surface area contributed by atoms with Gasteiger partial charge >= 0.3 is 0 Å². The largest absolute Gasteiger partial charge is 0.370 e. The second-order valence-corrected chi connectivity index (χ2v) is 6.44. The molecule has 102 valence electrons. The van der Waals surface area contributed by atoms with Crippen LogP contribution in [0.1, 0.15) is 64.7 Å². The molecule has 3 nitrogen and oxygen atoms in total. The second-order valence-electron chi connectivity index (χ2n) is 6.44. The molecule has 18 heavy (non-hydrogen) atoms. The molecular weight excluding hydrogens is 222 g/mol. The van der Waals surface area contributed by atoms with E-state index >= 15 is 0 Å². The molecule has 2 atom stereocenters. The summed E-state index contributed by atoms with van der Waals surface area (Å²) in [5, 5.41) is 0. The van der Waals surface area contributed by atoms with Crippen molar-refractivity contribution in [2.24, 2.45) is 16.6 Å². The van der Waals surface area contributed by atoms with Crippen LogP contribution in [0, 0.1) is 5.92 Å². The average molecular weight is 249 g/mol. The van der Waals surface area contributed by atoms with Gasteiger partial charge in [0.25, 0.3) is 0 Å². The molecule has 1 spiro atoms. The smallest absolute Gasteiger partial charge is 0.192 e. The maximum atomic E-state index is 6.26. The topological polar surface area (TPSA) is 41.6 Å². The summed E-state index contributed by atoms with van der Waals surface area (Å²) < 4.78 is 0. The molecule has 1 heterocycles. The van der Waals surface area contributed by atoms with Gasteiger partial charge in [-0.1, -0.05) is 39.0 Å². The SMILES string of the molecule is CCC1CCCCC12CN=C(N)N2C1CCCC1. The van der Waals surface area contributed by atoms with E-state index < -0.39 is 0 Å². The molecule has 3 aliphatic rings. The molecule has 0 aromatic heterocycles. The summed E-state index contributed by atoms with van der Waals surface area (Å²) in [5.74, 6) is 1.65. The average Bonchev–Trinajstić information content (AvgIpc) is 2.99. The minimum Gasteiger partial charge on any atom is -0.370 e. The van der Waals surface area contributed by atoms with Gasteiger partial charge in [0.05, 0.1) is 12.1 Å². The number of guanidine groups is 1. The zero-order valence-electron chi connectivity index (χ0n) is 11.7. The molecule has 0 amide bonds. The fourth-order valence-electron chi connectivity index (χ4n) is 4.72. The lowest BCUT2D eigenvalue weighted by molar-refractivity contribution is 0.0436. The second kappa shape index (κ2) is 4.75. The van der Waals surface area contributed by atoms with Crippen LogP contribution >= 0.6 is 0 Å². The van der Waals surface area contributed by atoms with E-state index in [1.165, 1.54) is 57.8 Å². The lowest BCUT2D eigenvalue weighted by atomic mass is 9.70. The molecule has 1 aliphatic heterocycles. The van der Waals surface area contributed by atoms with Gasteiger partial charge in [-0.2, -0.15) is 0 Å². The zero-order valence-corrected chi connectivity index (χ0v) is 11.7. The van der Waals surface area contributed by atoms with Crippen LogP contribution in [0.5, 0.6) is 0 Å². The van der Waals surface area contributed by atoms with Gasteiger partial charge in [-0.05, 0) is 31.6 Å². The predicted molar refractivity (Wildman–Crippen MR) is 75.6 cm³/mol. The van der Waals surface area contributed by atoms with E-state index in [2.05, 4.69) is 16.8 Å². The van der Waals surface area contributed by atoms with Crippen molar-refractivity contribution in [3.05, 3.63) is 0 Å². The summed E-state index contributed by atoms with van der Waals surface area (Å²) in [4.78, 5) is 7.23. The predicted octanol–water partition coefficient (Wildman–Crippen LogP) is 2.90. The van der Waals surface area contributed by atoms with Gasteiger partial charge in [-0.3, -0.25) is 4.99 Å². The van der Waals surface area contributed by atoms with E-state index in [9.17, 15) is 0 Å². The number of hydrogen-bond donors (Lipinski definition) is 1. The first-order valence-corrected chi connectivity index (χ1v) is 7.87. The highest BCUT2D eigenvalue weighted by atomic mass is 15.4. The number of rotatable bonds is 2. The quantitative estimate of drug-likeness (QED) is 0.817. The van der Waals surface area contributed by atoms with Crippen LogP contribution in [0.15, 0.2) is 4.99 Å². The van der Waals surface area contributed by atoms with Crippen molar-refractivity contribution >= 4 is 5.96 Å². The van der Waals surface area contributed by atoms with Crippen molar-refractivity contribution in [2.75, 3.05) is 6.54 Å². The zero-order chi connectivity index (χ0) is 12.6. The van der Waals surface area contributed by atoms with Crippen molar-refractivity contribution < 1.29 is 0 Å². The van der Waals surface area contributed by atoms with Gasteiger partial charge in [0, 0.05) is 6.04 Å². The van der Waals surface area contributed by atoms with E-state index in [-0.39, 0.29) is 0 Å². The number of aliphatic imine (C=N–C) groups is 1. The Morgan fingerprint density at radius 1 is 1.22 bits per heavy atom. The van der Waals surface area contributed by atoms with Crippen molar-refractivity contribution in [1.82, 2.24) is 4.90 Å². The Labute approximate surface area is 111 Å².